The second-order valence-corrected chi connectivity index (χ2v) is 5.96. The SMILES string of the molecule is COc1cc(/C=N\O)cc(Br)c1OCc1ccc(Br)cc1. The molecule has 0 bridgehead atoms. The van der Waals surface area contributed by atoms with Crippen molar-refractivity contribution >= 4 is 38.1 Å². The topological polar surface area (TPSA) is 51.0 Å². The van der Waals surface area contributed by atoms with E-state index < -0.39 is 0 Å². The monoisotopic (exact) mass is 413 g/mol. The number of benzene rings is 2. The number of halogens is 2. The predicted octanol–water partition coefficient (Wildman–Crippen LogP) is 4.61. The summed E-state index contributed by atoms with van der Waals surface area (Å²) in [7, 11) is 1.56. The van der Waals surface area contributed by atoms with Crippen LogP contribution in [0.25, 0.3) is 0 Å². The molecule has 2 aromatic rings. The van der Waals surface area contributed by atoms with Crippen LogP contribution in [-0.2, 0) is 6.61 Å². The first kappa shape index (κ1) is 15.9. The Balaban J connectivity index is 2.20. The normalized spacial score (nSPS) is 10.8. The van der Waals surface area contributed by atoms with Crippen molar-refractivity contribution in [1.29, 1.82) is 0 Å². The van der Waals surface area contributed by atoms with Gasteiger partial charge in [0.05, 0.1) is 17.8 Å². The van der Waals surface area contributed by atoms with Crippen molar-refractivity contribution in [2.45, 2.75) is 6.61 Å². The van der Waals surface area contributed by atoms with Gasteiger partial charge in [0.15, 0.2) is 11.5 Å². The largest absolute Gasteiger partial charge is 0.493 e. The Morgan fingerprint density at radius 3 is 2.52 bits per heavy atom. The van der Waals surface area contributed by atoms with Gasteiger partial charge in [-0.25, -0.2) is 0 Å². The maximum atomic E-state index is 8.60. The van der Waals surface area contributed by atoms with Crippen molar-refractivity contribution in [2.24, 2.45) is 5.16 Å². The predicted molar refractivity (Wildman–Crippen MR) is 88.5 cm³/mol. The third-order valence-corrected chi connectivity index (χ3v) is 3.87. The first-order valence-electron chi connectivity index (χ1n) is 6.06. The van der Waals surface area contributed by atoms with E-state index in [-0.39, 0.29) is 0 Å². The summed E-state index contributed by atoms with van der Waals surface area (Å²) in [5.41, 5.74) is 1.75. The number of hydrogen-bond acceptors (Lipinski definition) is 4. The van der Waals surface area contributed by atoms with E-state index in [0.29, 0.717) is 23.7 Å². The van der Waals surface area contributed by atoms with Crippen LogP contribution < -0.4 is 9.47 Å². The average molecular weight is 415 g/mol. The minimum atomic E-state index is 0.426. The first-order chi connectivity index (χ1) is 10.1. The van der Waals surface area contributed by atoms with E-state index in [1.165, 1.54) is 6.21 Å². The zero-order valence-electron chi connectivity index (χ0n) is 11.2. The summed E-state index contributed by atoms with van der Waals surface area (Å²) >= 11 is 6.84. The van der Waals surface area contributed by atoms with E-state index in [1.54, 1.807) is 19.2 Å². The van der Waals surface area contributed by atoms with Crippen molar-refractivity contribution < 1.29 is 14.7 Å². The average Bonchev–Trinajstić information content (AvgIpc) is 2.47. The van der Waals surface area contributed by atoms with E-state index in [0.717, 1.165) is 14.5 Å². The molecule has 0 aliphatic carbocycles. The summed E-state index contributed by atoms with van der Waals surface area (Å²) in [6, 6.07) is 11.4. The first-order valence-corrected chi connectivity index (χ1v) is 7.65. The van der Waals surface area contributed by atoms with Crippen LogP contribution in [0.15, 0.2) is 50.5 Å². The molecule has 0 aliphatic rings. The molecule has 2 aromatic carbocycles. The summed E-state index contributed by atoms with van der Waals surface area (Å²) in [5.74, 6) is 1.17. The molecule has 0 saturated heterocycles. The van der Waals surface area contributed by atoms with Gasteiger partial charge in [0.1, 0.15) is 6.61 Å². The number of oxime groups is 1. The molecule has 6 heteroatoms. The van der Waals surface area contributed by atoms with Crippen LogP contribution in [0.4, 0.5) is 0 Å². The summed E-state index contributed by atoms with van der Waals surface area (Å²) in [6.07, 6.45) is 1.33. The Morgan fingerprint density at radius 2 is 1.90 bits per heavy atom. The lowest BCUT2D eigenvalue weighted by atomic mass is 10.2. The van der Waals surface area contributed by atoms with Crippen LogP contribution in [-0.4, -0.2) is 18.5 Å². The Kier molecular flexibility index (Phi) is 5.64. The molecule has 0 radical (unpaired) electrons. The third-order valence-electron chi connectivity index (χ3n) is 2.76. The molecule has 0 fully saturated rings. The molecular weight excluding hydrogens is 402 g/mol. The van der Waals surface area contributed by atoms with Crippen LogP contribution in [0.3, 0.4) is 0 Å². The Morgan fingerprint density at radius 1 is 1.19 bits per heavy atom. The zero-order chi connectivity index (χ0) is 15.2. The quantitative estimate of drug-likeness (QED) is 0.441. The number of rotatable bonds is 5. The Hall–Kier alpha value is -1.53. The molecule has 0 saturated carbocycles. The minimum Gasteiger partial charge on any atom is -0.493 e. The van der Waals surface area contributed by atoms with Crippen molar-refractivity contribution in [2.75, 3.05) is 7.11 Å². The maximum Gasteiger partial charge on any atom is 0.175 e. The summed E-state index contributed by atoms with van der Waals surface area (Å²) < 4.78 is 12.9. The van der Waals surface area contributed by atoms with Crippen LogP contribution in [0, 0.1) is 0 Å². The fourth-order valence-corrected chi connectivity index (χ4v) is 2.60. The second-order valence-electron chi connectivity index (χ2n) is 4.19. The number of nitrogens with zero attached hydrogens (tertiary/aromatic N) is 1. The van der Waals surface area contributed by atoms with E-state index in [1.807, 2.05) is 24.3 Å². The summed E-state index contributed by atoms with van der Waals surface area (Å²) in [5, 5.41) is 11.6. The van der Waals surface area contributed by atoms with Gasteiger partial charge in [-0.05, 0) is 45.8 Å². The third kappa shape index (κ3) is 4.22. The summed E-state index contributed by atoms with van der Waals surface area (Å²) in [4.78, 5) is 0. The lowest BCUT2D eigenvalue weighted by Gasteiger charge is -2.13. The fourth-order valence-electron chi connectivity index (χ4n) is 1.76. The van der Waals surface area contributed by atoms with Gasteiger partial charge in [-0.3, -0.25) is 0 Å². The van der Waals surface area contributed by atoms with Gasteiger partial charge < -0.3 is 14.7 Å². The van der Waals surface area contributed by atoms with E-state index in [9.17, 15) is 0 Å². The number of hydrogen-bond donors (Lipinski definition) is 1. The van der Waals surface area contributed by atoms with Gasteiger partial charge in [-0.15, -0.1) is 0 Å². The molecule has 0 aromatic heterocycles. The van der Waals surface area contributed by atoms with Crippen LogP contribution in [0.5, 0.6) is 11.5 Å². The highest BCUT2D eigenvalue weighted by Crippen LogP contribution is 2.36. The van der Waals surface area contributed by atoms with E-state index in [4.69, 9.17) is 14.7 Å². The van der Waals surface area contributed by atoms with Crippen molar-refractivity contribution in [1.82, 2.24) is 0 Å². The zero-order valence-corrected chi connectivity index (χ0v) is 14.4. The van der Waals surface area contributed by atoms with E-state index in [2.05, 4.69) is 37.0 Å². The number of methoxy groups -OCH3 is 1. The van der Waals surface area contributed by atoms with Gasteiger partial charge in [0, 0.05) is 10.0 Å². The van der Waals surface area contributed by atoms with Crippen molar-refractivity contribution in [3.05, 3.63) is 56.5 Å². The molecule has 4 nitrogen and oxygen atoms in total. The molecule has 2 rings (SSSR count). The molecule has 0 atom stereocenters. The highest BCUT2D eigenvalue weighted by Gasteiger charge is 2.11. The van der Waals surface area contributed by atoms with Gasteiger partial charge in [0.2, 0.25) is 0 Å². The lowest BCUT2D eigenvalue weighted by Crippen LogP contribution is -1.99. The van der Waals surface area contributed by atoms with Gasteiger partial charge in [-0.2, -0.15) is 0 Å². The molecule has 0 spiro atoms. The highest BCUT2D eigenvalue weighted by atomic mass is 79.9. The highest BCUT2D eigenvalue weighted by molar-refractivity contribution is 9.10. The van der Waals surface area contributed by atoms with Gasteiger partial charge in [0.25, 0.3) is 0 Å². The summed E-state index contributed by atoms with van der Waals surface area (Å²) in [6.45, 7) is 0.426. The smallest absolute Gasteiger partial charge is 0.175 e. The number of ether oxygens (including phenoxy) is 2. The second kappa shape index (κ2) is 7.47. The van der Waals surface area contributed by atoms with Gasteiger partial charge >= 0.3 is 0 Å². The van der Waals surface area contributed by atoms with Crippen molar-refractivity contribution in [3.8, 4) is 11.5 Å². The molecule has 110 valence electrons. The van der Waals surface area contributed by atoms with Crippen LogP contribution in [0.1, 0.15) is 11.1 Å². The Labute approximate surface area is 139 Å². The van der Waals surface area contributed by atoms with Crippen molar-refractivity contribution in [3.63, 3.8) is 0 Å². The van der Waals surface area contributed by atoms with E-state index >= 15 is 0 Å². The molecule has 0 aliphatic heterocycles. The molecule has 0 amide bonds. The lowest BCUT2D eigenvalue weighted by molar-refractivity contribution is 0.282. The molecular formula is C15H13Br2NO3. The molecule has 21 heavy (non-hydrogen) atoms. The Bertz CT molecular complexity index is 642. The van der Waals surface area contributed by atoms with Crippen LogP contribution in [0.2, 0.25) is 0 Å². The minimum absolute atomic E-state index is 0.426. The van der Waals surface area contributed by atoms with Crippen LogP contribution >= 0.6 is 31.9 Å². The maximum absolute atomic E-state index is 8.60. The molecule has 0 unspecified atom stereocenters. The van der Waals surface area contributed by atoms with Gasteiger partial charge in [-0.1, -0.05) is 33.2 Å². The molecule has 0 heterocycles. The fraction of sp³-hybridized carbons (Fsp3) is 0.133. The standard InChI is InChI=1S/C15H13Br2NO3/c1-20-14-7-11(8-18-19)6-13(17)15(14)21-9-10-2-4-12(16)5-3-10/h2-8,19H,9H2,1H3/b18-8-. The molecule has 1 N–H and O–H groups in total.